The van der Waals surface area contributed by atoms with Gasteiger partial charge in [0.1, 0.15) is 11.1 Å². The van der Waals surface area contributed by atoms with Crippen LogP contribution in [0, 0.1) is 32.1 Å². The highest BCUT2D eigenvalue weighted by molar-refractivity contribution is 8.00. The quantitative estimate of drug-likeness (QED) is 0.574. The number of aryl methyl sites for hydroxylation is 1. The van der Waals surface area contributed by atoms with Crippen LogP contribution in [-0.4, -0.2) is 29.2 Å². The maximum Gasteiger partial charge on any atom is 0.321 e. The Morgan fingerprint density at radius 2 is 2.04 bits per heavy atom. The molecule has 6 nitrogen and oxygen atoms in total. The molecule has 1 aromatic heterocycles. The predicted octanol–water partition coefficient (Wildman–Crippen LogP) is 3.69. The van der Waals surface area contributed by atoms with Gasteiger partial charge in [-0.1, -0.05) is 23.4 Å². The molecule has 1 aliphatic rings. The van der Waals surface area contributed by atoms with Crippen LogP contribution in [0.25, 0.3) is 0 Å². The second-order valence-electron chi connectivity index (χ2n) is 6.69. The van der Waals surface area contributed by atoms with Crippen molar-refractivity contribution in [1.82, 2.24) is 15.6 Å². The number of amides is 3. The molecule has 0 saturated heterocycles. The lowest BCUT2D eigenvalue weighted by Crippen LogP contribution is -2.40. The van der Waals surface area contributed by atoms with Crippen LogP contribution in [0.5, 0.6) is 0 Å². The molecule has 0 unspecified atom stereocenters. The van der Waals surface area contributed by atoms with E-state index < -0.39 is 11.9 Å². The lowest BCUT2D eigenvalue weighted by atomic mass is 9.97. The van der Waals surface area contributed by atoms with Gasteiger partial charge in [-0.3, -0.25) is 10.1 Å². The number of pyridine rings is 1. The molecule has 0 fully saturated rings. The van der Waals surface area contributed by atoms with Crippen LogP contribution < -0.4 is 10.6 Å². The fraction of sp³-hybridized carbons (Fsp3) is 0.500. The Morgan fingerprint density at radius 1 is 1.26 bits per heavy atom. The Labute approximate surface area is 164 Å². The fourth-order valence-electron chi connectivity index (χ4n) is 2.96. The standard InChI is InChI=1S/C20H26N4O2S/c1-13-14(2)17(11-21)19(23-15(13)3)27-12-18(25)24-20(26)22-10-9-16-7-5-4-6-8-16/h7H,4-6,8-10,12H2,1-3H3,(H2,22,24,25,26). The van der Waals surface area contributed by atoms with Gasteiger partial charge in [0.25, 0.3) is 0 Å². The summed E-state index contributed by atoms with van der Waals surface area (Å²) in [6, 6.07) is 1.67. The molecule has 1 heterocycles. The van der Waals surface area contributed by atoms with E-state index >= 15 is 0 Å². The van der Waals surface area contributed by atoms with Crippen molar-refractivity contribution < 1.29 is 9.59 Å². The molecular weight excluding hydrogens is 360 g/mol. The molecule has 27 heavy (non-hydrogen) atoms. The van der Waals surface area contributed by atoms with E-state index in [1.165, 1.54) is 30.2 Å². The van der Waals surface area contributed by atoms with E-state index in [2.05, 4.69) is 27.8 Å². The number of thioether (sulfide) groups is 1. The summed E-state index contributed by atoms with van der Waals surface area (Å²) in [6.07, 6.45) is 7.75. The first-order valence-corrected chi connectivity index (χ1v) is 10.2. The van der Waals surface area contributed by atoms with Crippen LogP contribution in [-0.2, 0) is 4.79 Å². The Balaban J connectivity index is 1.80. The molecule has 0 saturated carbocycles. The second-order valence-corrected chi connectivity index (χ2v) is 7.65. The summed E-state index contributed by atoms with van der Waals surface area (Å²) in [6.45, 7) is 6.20. The summed E-state index contributed by atoms with van der Waals surface area (Å²) in [7, 11) is 0. The summed E-state index contributed by atoms with van der Waals surface area (Å²) in [5.74, 6) is -0.377. The smallest absolute Gasteiger partial charge is 0.321 e. The topological polar surface area (TPSA) is 94.9 Å². The number of nitrogens with one attached hydrogen (secondary N) is 2. The van der Waals surface area contributed by atoms with E-state index in [4.69, 9.17) is 0 Å². The number of nitriles is 1. The van der Waals surface area contributed by atoms with Crippen molar-refractivity contribution in [3.05, 3.63) is 34.0 Å². The monoisotopic (exact) mass is 386 g/mol. The van der Waals surface area contributed by atoms with E-state index in [0.29, 0.717) is 17.1 Å². The highest BCUT2D eigenvalue weighted by Crippen LogP contribution is 2.26. The van der Waals surface area contributed by atoms with Crippen LogP contribution in [0.4, 0.5) is 4.79 Å². The third-order valence-corrected chi connectivity index (χ3v) is 5.76. The zero-order valence-corrected chi connectivity index (χ0v) is 17.0. The minimum absolute atomic E-state index is 0.0300. The Bertz CT molecular complexity index is 796. The van der Waals surface area contributed by atoms with E-state index in [9.17, 15) is 14.9 Å². The minimum atomic E-state index is -0.484. The van der Waals surface area contributed by atoms with Gasteiger partial charge in [-0.15, -0.1) is 0 Å². The predicted molar refractivity (Wildman–Crippen MR) is 107 cm³/mol. The first-order valence-electron chi connectivity index (χ1n) is 9.18. The lowest BCUT2D eigenvalue weighted by molar-refractivity contribution is -0.117. The summed E-state index contributed by atoms with van der Waals surface area (Å²) < 4.78 is 0. The number of rotatable bonds is 6. The van der Waals surface area contributed by atoms with E-state index in [-0.39, 0.29) is 5.75 Å². The normalized spacial score (nSPS) is 13.5. The number of carbonyl (C=O) groups excluding carboxylic acids is 2. The molecule has 0 aliphatic heterocycles. The van der Waals surface area contributed by atoms with Crippen LogP contribution in [0.1, 0.15) is 54.5 Å². The van der Waals surface area contributed by atoms with Crippen molar-refractivity contribution in [2.45, 2.75) is 57.9 Å². The number of aromatic nitrogens is 1. The number of imide groups is 1. The Hall–Kier alpha value is -2.33. The average molecular weight is 387 g/mol. The summed E-state index contributed by atoms with van der Waals surface area (Å²) in [5, 5.41) is 14.9. The van der Waals surface area contributed by atoms with Gasteiger partial charge in [-0.25, -0.2) is 9.78 Å². The van der Waals surface area contributed by atoms with Crippen LogP contribution in [0.3, 0.4) is 0 Å². The molecule has 7 heteroatoms. The highest BCUT2D eigenvalue weighted by atomic mass is 32.2. The molecular formula is C20H26N4O2S. The van der Waals surface area contributed by atoms with Gasteiger partial charge in [0.05, 0.1) is 11.3 Å². The third-order valence-electron chi connectivity index (χ3n) is 4.78. The number of hydrogen-bond donors (Lipinski definition) is 2. The molecule has 0 bridgehead atoms. The maximum absolute atomic E-state index is 12.0. The van der Waals surface area contributed by atoms with Crippen molar-refractivity contribution in [2.75, 3.05) is 12.3 Å². The van der Waals surface area contributed by atoms with Crippen molar-refractivity contribution >= 4 is 23.7 Å². The van der Waals surface area contributed by atoms with Gasteiger partial charge in [-0.2, -0.15) is 5.26 Å². The van der Waals surface area contributed by atoms with E-state index in [1.807, 2.05) is 20.8 Å². The minimum Gasteiger partial charge on any atom is -0.337 e. The molecule has 1 aromatic rings. The summed E-state index contributed by atoms with van der Waals surface area (Å²) in [5.41, 5.74) is 4.56. The summed E-state index contributed by atoms with van der Waals surface area (Å²) >= 11 is 1.17. The Kier molecular flexibility index (Phi) is 7.86. The SMILES string of the molecule is Cc1nc(SCC(=O)NC(=O)NCCC2=CCCCC2)c(C#N)c(C)c1C. The molecule has 2 N–H and O–H groups in total. The van der Waals surface area contributed by atoms with Gasteiger partial charge in [-0.05, 0) is 64.0 Å². The number of nitrogens with zero attached hydrogens (tertiary/aromatic N) is 2. The van der Waals surface area contributed by atoms with E-state index in [0.717, 1.165) is 36.1 Å². The number of hydrogen-bond acceptors (Lipinski definition) is 5. The number of allylic oxidation sites excluding steroid dienone is 1. The molecule has 2 rings (SSSR count). The highest BCUT2D eigenvalue weighted by Gasteiger charge is 2.15. The Morgan fingerprint density at radius 3 is 2.70 bits per heavy atom. The number of carbonyl (C=O) groups is 2. The van der Waals surface area contributed by atoms with Gasteiger partial charge in [0.15, 0.2) is 0 Å². The van der Waals surface area contributed by atoms with Gasteiger partial charge in [0.2, 0.25) is 5.91 Å². The average Bonchev–Trinajstić information content (AvgIpc) is 2.65. The molecule has 0 radical (unpaired) electrons. The van der Waals surface area contributed by atoms with Crippen molar-refractivity contribution in [3.63, 3.8) is 0 Å². The molecule has 0 atom stereocenters. The maximum atomic E-state index is 12.0. The van der Waals surface area contributed by atoms with Gasteiger partial charge < -0.3 is 5.32 Å². The summed E-state index contributed by atoms with van der Waals surface area (Å²) in [4.78, 5) is 28.3. The molecule has 0 aromatic carbocycles. The molecule has 144 valence electrons. The van der Waals surface area contributed by atoms with Gasteiger partial charge in [0, 0.05) is 12.2 Å². The van der Waals surface area contributed by atoms with E-state index in [1.54, 1.807) is 0 Å². The van der Waals surface area contributed by atoms with Crippen LogP contribution >= 0.6 is 11.8 Å². The lowest BCUT2D eigenvalue weighted by Gasteiger charge is -2.13. The largest absolute Gasteiger partial charge is 0.337 e. The fourth-order valence-corrected chi connectivity index (χ4v) is 3.84. The third kappa shape index (κ3) is 6.10. The second kappa shape index (κ2) is 10.1. The zero-order chi connectivity index (χ0) is 19.8. The van der Waals surface area contributed by atoms with Crippen molar-refractivity contribution in [3.8, 4) is 6.07 Å². The van der Waals surface area contributed by atoms with Crippen LogP contribution in [0.15, 0.2) is 16.7 Å². The first kappa shape index (κ1) is 21.0. The van der Waals surface area contributed by atoms with Crippen molar-refractivity contribution in [1.29, 1.82) is 5.26 Å². The van der Waals surface area contributed by atoms with Crippen LogP contribution in [0.2, 0.25) is 0 Å². The molecule has 3 amide bonds. The molecule has 0 spiro atoms. The van der Waals surface area contributed by atoms with Crippen molar-refractivity contribution in [2.24, 2.45) is 0 Å². The molecule has 1 aliphatic carbocycles. The first-order chi connectivity index (χ1) is 12.9. The zero-order valence-electron chi connectivity index (χ0n) is 16.1. The number of urea groups is 1. The van der Waals surface area contributed by atoms with Gasteiger partial charge >= 0.3 is 6.03 Å².